The fraction of sp³-hybridized carbons (Fsp3) is 0.400. The average molecular weight is 192 g/mol. The predicted octanol–water partition coefficient (Wildman–Crippen LogP) is 1.10. The summed E-state index contributed by atoms with van der Waals surface area (Å²) in [7, 11) is 0. The molecule has 1 aromatic heterocycles. The molecule has 0 saturated carbocycles. The van der Waals surface area contributed by atoms with E-state index >= 15 is 0 Å². The van der Waals surface area contributed by atoms with Crippen LogP contribution in [0.2, 0.25) is 0 Å². The van der Waals surface area contributed by atoms with Crippen molar-refractivity contribution in [3.63, 3.8) is 0 Å². The van der Waals surface area contributed by atoms with Gasteiger partial charge < -0.3 is 0 Å². The maximum Gasteiger partial charge on any atom is 0.243 e. The Morgan fingerprint density at radius 2 is 2.64 bits per heavy atom. The number of hydrogen-bond acceptors (Lipinski definition) is 4. The lowest BCUT2D eigenvalue weighted by atomic mass is 10.4. The molecule has 0 aliphatic heterocycles. The van der Waals surface area contributed by atoms with Gasteiger partial charge in [0.15, 0.2) is 0 Å². The van der Waals surface area contributed by atoms with Gasteiger partial charge in [0.05, 0.1) is 0 Å². The van der Waals surface area contributed by atoms with Crippen molar-refractivity contribution in [3.05, 3.63) is 6.33 Å². The molecule has 1 N–H and O–H groups in total. The van der Waals surface area contributed by atoms with E-state index in [2.05, 4.69) is 14.7 Å². The molecule has 0 aliphatic rings. The van der Waals surface area contributed by atoms with Gasteiger partial charge in [0, 0.05) is 11.5 Å². The third-order valence-corrected chi connectivity index (χ3v) is 1.73. The van der Waals surface area contributed by atoms with Crippen LogP contribution >= 0.6 is 23.1 Å². The van der Waals surface area contributed by atoms with Gasteiger partial charge in [-0.15, -0.1) is 11.6 Å². The Morgan fingerprint density at radius 3 is 3.09 bits per heavy atom. The van der Waals surface area contributed by atoms with E-state index < -0.39 is 5.38 Å². The summed E-state index contributed by atoms with van der Waals surface area (Å²) < 4.78 is 3.71. The van der Waals surface area contributed by atoms with E-state index in [1.54, 1.807) is 6.92 Å². The van der Waals surface area contributed by atoms with Crippen LogP contribution in [0.15, 0.2) is 6.33 Å². The molecule has 6 heteroatoms. The molecule has 0 spiro atoms. The Hall–Kier alpha value is -0.680. The van der Waals surface area contributed by atoms with E-state index in [1.807, 2.05) is 0 Å². The lowest BCUT2D eigenvalue weighted by molar-refractivity contribution is -0.115. The molecule has 0 saturated heterocycles. The second-order valence-electron chi connectivity index (χ2n) is 1.85. The largest absolute Gasteiger partial charge is 0.299 e. The number of carbonyl (C=O) groups is 1. The molecular formula is C5H6ClN3OS. The summed E-state index contributed by atoms with van der Waals surface area (Å²) in [6, 6.07) is 0. The lowest BCUT2D eigenvalue weighted by Crippen LogP contribution is -2.19. The molecule has 0 aromatic carbocycles. The monoisotopic (exact) mass is 191 g/mol. The van der Waals surface area contributed by atoms with Crippen molar-refractivity contribution in [3.8, 4) is 0 Å². The number of nitrogens with zero attached hydrogens (tertiary/aromatic N) is 2. The number of carbonyl (C=O) groups excluding carboxylic acids is 1. The molecule has 0 bridgehead atoms. The van der Waals surface area contributed by atoms with Crippen molar-refractivity contribution >= 4 is 34.2 Å². The number of halogens is 1. The van der Waals surface area contributed by atoms with E-state index in [0.29, 0.717) is 5.13 Å². The van der Waals surface area contributed by atoms with Gasteiger partial charge in [-0.3, -0.25) is 10.1 Å². The summed E-state index contributed by atoms with van der Waals surface area (Å²) >= 11 is 6.61. The molecule has 0 fully saturated rings. The number of amides is 1. The van der Waals surface area contributed by atoms with Gasteiger partial charge in [0.25, 0.3) is 0 Å². The Kier molecular flexibility index (Phi) is 2.78. The first-order valence-electron chi connectivity index (χ1n) is 2.92. The first kappa shape index (κ1) is 8.42. The molecule has 1 heterocycles. The van der Waals surface area contributed by atoms with E-state index in [0.717, 1.165) is 11.5 Å². The number of alkyl halides is 1. The molecule has 1 aromatic rings. The highest BCUT2D eigenvalue weighted by molar-refractivity contribution is 7.09. The minimum absolute atomic E-state index is 0.261. The molecule has 1 atom stereocenters. The second kappa shape index (κ2) is 3.64. The zero-order valence-electron chi connectivity index (χ0n) is 5.74. The molecule has 1 rings (SSSR count). The van der Waals surface area contributed by atoms with Crippen LogP contribution in [0.25, 0.3) is 0 Å². The number of anilines is 1. The fourth-order valence-corrected chi connectivity index (χ4v) is 0.922. The van der Waals surface area contributed by atoms with Crippen molar-refractivity contribution in [2.45, 2.75) is 12.3 Å². The molecule has 1 amide bonds. The van der Waals surface area contributed by atoms with Crippen LogP contribution in [-0.2, 0) is 4.79 Å². The summed E-state index contributed by atoms with van der Waals surface area (Å²) in [6.07, 6.45) is 1.37. The van der Waals surface area contributed by atoms with Gasteiger partial charge in [-0.25, -0.2) is 4.98 Å². The molecular weight excluding hydrogens is 186 g/mol. The van der Waals surface area contributed by atoms with Crippen molar-refractivity contribution in [2.75, 3.05) is 5.32 Å². The van der Waals surface area contributed by atoms with Crippen molar-refractivity contribution in [1.82, 2.24) is 9.36 Å². The molecule has 60 valence electrons. The van der Waals surface area contributed by atoms with Gasteiger partial charge in [-0.1, -0.05) is 0 Å². The Labute approximate surface area is 72.8 Å². The van der Waals surface area contributed by atoms with Crippen LogP contribution in [0.5, 0.6) is 0 Å². The second-order valence-corrected chi connectivity index (χ2v) is 3.29. The minimum atomic E-state index is -0.543. The summed E-state index contributed by atoms with van der Waals surface area (Å²) in [4.78, 5) is 14.7. The smallest absolute Gasteiger partial charge is 0.243 e. The lowest BCUT2D eigenvalue weighted by Gasteiger charge is -2.00. The summed E-state index contributed by atoms with van der Waals surface area (Å²) in [5, 5.41) is 2.43. The third-order valence-electron chi connectivity index (χ3n) is 0.953. The standard InChI is InChI=1S/C5H6ClN3OS/c1-3(6)4(10)9-5-7-2-8-11-5/h2-3H,1H3,(H,7,8,9,10). The molecule has 0 aliphatic carbocycles. The Balaban J connectivity index is 2.50. The van der Waals surface area contributed by atoms with E-state index in [-0.39, 0.29) is 5.91 Å². The van der Waals surface area contributed by atoms with Gasteiger partial charge in [0.1, 0.15) is 11.7 Å². The highest BCUT2D eigenvalue weighted by atomic mass is 35.5. The summed E-state index contributed by atoms with van der Waals surface area (Å²) in [5.41, 5.74) is 0. The zero-order valence-corrected chi connectivity index (χ0v) is 7.32. The zero-order chi connectivity index (χ0) is 8.27. The Bertz CT molecular complexity index is 236. The maximum absolute atomic E-state index is 10.9. The number of rotatable bonds is 2. The Morgan fingerprint density at radius 1 is 1.91 bits per heavy atom. The molecule has 0 radical (unpaired) electrons. The van der Waals surface area contributed by atoms with Crippen molar-refractivity contribution < 1.29 is 4.79 Å². The van der Waals surface area contributed by atoms with Crippen LogP contribution in [-0.4, -0.2) is 20.6 Å². The minimum Gasteiger partial charge on any atom is -0.299 e. The first-order valence-corrected chi connectivity index (χ1v) is 4.12. The number of aromatic nitrogens is 2. The van der Waals surface area contributed by atoms with Gasteiger partial charge in [-0.2, -0.15) is 4.37 Å². The van der Waals surface area contributed by atoms with Crippen LogP contribution in [0.4, 0.5) is 5.13 Å². The quantitative estimate of drug-likeness (QED) is 0.713. The van der Waals surface area contributed by atoms with Crippen LogP contribution in [0.1, 0.15) is 6.92 Å². The molecule has 11 heavy (non-hydrogen) atoms. The van der Waals surface area contributed by atoms with Crippen molar-refractivity contribution in [2.24, 2.45) is 0 Å². The topological polar surface area (TPSA) is 54.9 Å². The predicted molar refractivity (Wildman–Crippen MR) is 43.9 cm³/mol. The number of hydrogen-bond donors (Lipinski definition) is 1. The summed E-state index contributed by atoms with van der Waals surface area (Å²) in [5.74, 6) is -0.261. The maximum atomic E-state index is 10.9. The number of nitrogens with one attached hydrogen (secondary N) is 1. The summed E-state index contributed by atoms with van der Waals surface area (Å²) in [6.45, 7) is 1.60. The van der Waals surface area contributed by atoms with Crippen molar-refractivity contribution in [1.29, 1.82) is 0 Å². The molecule has 1 unspecified atom stereocenters. The molecule has 4 nitrogen and oxygen atoms in total. The van der Waals surface area contributed by atoms with Gasteiger partial charge >= 0.3 is 0 Å². The third kappa shape index (κ3) is 2.44. The van der Waals surface area contributed by atoms with E-state index in [4.69, 9.17) is 11.6 Å². The van der Waals surface area contributed by atoms with Gasteiger partial charge in [0.2, 0.25) is 11.0 Å². The highest BCUT2D eigenvalue weighted by Gasteiger charge is 2.09. The van der Waals surface area contributed by atoms with Crippen LogP contribution in [0.3, 0.4) is 0 Å². The normalized spacial score (nSPS) is 12.5. The van der Waals surface area contributed by atoms with Crippen LogP contribution in [0, 0.1) is 0 Å². The van der Waals surface area contributed by atoms with E-state index in [1.165, 1.54) is 6.33 Å². The average Bonchev–Trinajstić information content (AvgIpc) is 2.39. The first-order chi connectivity index (χ1) is 5.20. The van der Waals surface area contributed by atoms with Gasteiger partial charge in [-0.05, 0) is 6.92 Å². The van der Waals surface area contributed by atoms with E-state index in [9.17, 15) is 4.79 Å². The van der Waals surface area contributed by atoms with Crippen LogP contribution < -0.4 is 5.32 Å². The SMILES string of the molecule is CC(Cl)C(=O)Nc1ncns1. The fourth-order valence-electron chi connectivity index (χ4n) is 0.433. The highest BCUT2D eigenvalue weighted by Crippen LogP contribution is 2.07.